The van der Waals surface area contributed by atoms with Crippen molar-refractivity contribution in [3.05, 3.63) is 29.0 Å². The fraction of sp³-hybridized carbons (Fsp3) is 0.467. The Hall–Kier alpha value is -1.62. The fourth-order valence-electron chi connectivity index (χ4n) is 2.25. The number of anilines is 1. The molecule has 2 atom stereocenters. The van der Waals surface area contributed by atoms with Crippen molar-refractivity contribution in [2.24, 2.45) is 5.92 Å². The van der Waals surface area contributed by atoms with Gasteiger partial charge in [-0.2, -0.15) is 0 Å². The average Bonchev–Trinajstić information content (AvgIpc) is 2.84. The summed E-state index contributed by atoms with van der Waals surface area (Å²) in [6.07, 6.45) is 1.00. The van der Waals surface area contributed by atoms with Crippen LogP contribution in [-0.2, 0) is 9.59 Å². The zero-order valence-electron chi connectivity index (χ0n) is 12.0. The summed E-state index contributed by atoms with van der Waals surface area (Å²) >= 11 is 5.73. The van der Waals surface area contributed by atoms with E-state index < -0.39 is 5.82 Å². The van der Waals surface area contributed by atoms with E-state index in [9.17, 15) is 14.0 Å². The lowest BCUT2D eigenvalue weighted by molar-refractivity contribution is -0.126. The summed E-state index contributed by atoms with van der Waals surface area (Å²) < 4.78 is 13.2. The molecule has 4 nitrogen and oxygen atoms in total. The second kappa shape index (κ2) is 6.43. The number of nitrogens with zero attached hydrogens (tertiary/aromatic N) is 1. The predicted molar refractivity (Wildman–Crippen MR) is 79.8 cm³/mol. The second-order valence-corrected chi connectivity index (χ2v) is 5.73. The Morgan fingerprint density at radius 2 is 2.29 bits per heavy atom. The van der Waals surface area contributed by atoms with E-state index in [-0.39, 0.29) is 35.2 Å². The standard InChI is InChI=1S/C15H18ClFN2O2/c1-3-9(2)18-15(21)10-6-14(20)19(8-10)11-4-5-13(17)12(16)7-11/h4-5,7,9-10H,3,6,8H2,1-2H3,(H,18,21). The van der Waals surface area contributed by atoms with Gasteiger partial charge in [-0.1, -0.05) is 18.5 Å². The topological polar surface area (TPSA) is 49.4 Å². The maximum atomic E-state index is 13.2. The van der Waals surface area contributed by atoms with Crippen molar-refractivity contribution in [3.8, 4) is 0 Å². The van der Waals surface area contributed by atoms with Crippen molar-refractivity contribution < 1.29 is 14.0 Å². The van der Waals surface area contributed by atoms with Crippen LogP contribution in [0.15, 0.2) is 18.2 Å². The van der Waals surface area contributed by atoms with Gasteiger partial charge in [-0.05, 0) is 31.5 Å². The molecule has 0 aromatic heterocycles. The molecule has 6 heteroatoms. The van der Waals surface area contributed by atoms with Crippen molar-refractivity contribution in [2.75, 3.05) is 11.4 Å². The molecule has 0 aliphatic carbocycles. The molecule has 0 bridgehead atoms. The first-order valence-corrected chi connectivity index (χ1v) is 7.36. The molecule has 1 aliphatic rings. The summed E-state index contributed by atoms with van der Waals surface area (Å²) in [4.78, 5) is 25.6. The summed E-state index contributed by atoms with van der Waals surface area (Å²) in [5.74, 6) is -1.18. The van der Waals surface area contributed by atoms with E-state index in [0.717, 1.165) is 6.42 Å². The van der Waals surface area contributed by atoms with Crippen LogP contribution >= 0.6 is 11.6 Å². The molecule has 2 amide bonds. The Morgan fingerprint density at radius 1 is 1.57 bits per heavy atom. The number of benzene rings is 1. The monoisotopic (exact) mass is 312 g/mol. The number of nitrogens with one attached hydrogen (secondary N) is 1. The number of rotatable bonds is 4. The van der Waals surface area contributed by atoms with Crippen LogP contribution < -0.4 is 10.2 Å². The van der Waals surface area contributed by atoms with E-state index in [1.54, 1.807) is 0 Å². The molecule has 1 aromatic rings. The molecule has 0 saturated carbocycles. The van der Waals surface area contributed by atoms with Gasteiger partial charge in [0.05, 0.1) is 10.9 Å². The van der Waals surface area contributed by atoms with Gasteiger partial charge in [-0.3, -0.25) is 9.59 Å². The Balaban J connectivity index is 2.09. The van der Waals surface area contributed by atoms with E-state index >= 15 is 0 Å². The minimum atomic E-state index is -0.530. The van der Waals surface area contributed by atoms with Gasteiger partial charge in [0.15, 0.2) is 0 Å². The first kappa shape index (κ1) is 15.8. The van der Waals surface area contributed by atoms with Crippen molar-refractivity contribution >= 4 is 29.1 Å². The number of hydrogen-bond donors (Lipinski definition) is 1. The highest BCUT2D eigenvalue weighted by atomic mass is 35.5. The SMILES string of the molecule is CCC(C)NC(=O)C1CC(=O)N(c2ccc(F)c(Cl)c2)C1. The van der Waals surface area contributed by atoms with E-state index in [2.05, 4.69) is 5.32 Å². The second-order valence-electron chi connectivity index (χ2n) is 5.32. The highest BCUT2D eigenvalue weighted by molar-refractivity contribution is 6.31. The van der Waals surface area contributed by atoms with Crippen LogP contribution in [0.4, 0.5) is 10.1 Å². The third kappa shape index (κ3) is 3.53. The lowest BCUT2D eigenvalue weighted by Crippen LogP contribution is -2.38. The van der Waals surface area contributed by atoms with Gasteiger partial charge in [0, 0.05) is 24.7 Å². The normalized spacial score (nSPS) is 19.7. The first-order valence-electron chi connectivity index (χ1n) is 6.98. The average molecular weight is 313 g/mol. The lowest BCUT2D eigenvalue weighted by Gasteiger charge is -2.18. The predicted octanol–water partition coefficient (Wildman–Crippen LogP) is 2.75. The van der Waals surface area contributed by atoms with Gasteiger partial charge in [-0.25, -0.2) is 4.39 Å². The summed E-state index contributed by atoms with van der Waals surface area (Å²) in [5.41, 5.74) is 0.519. The van der Waals surface area contributed by atoms with Gasteiger partial charge in [0.2, 0.25) is 11.8 Å². The van der Waals surface area contributed by atoms with Crippen LogP contribution in [0.3, 0.4) is 0 Å². The van der Waals surface area contributed by atoms with Gasteiger partial charge in [0.25, 0.3) is 0 Å². The quantitative estimate of drug-likeness (QED) is 0.929. The van der Waals surface area contributed by atoms with Crippen LogP contribution in [0.5, 0.6) is 0 Å². The molecular weight excluding hydrogens is 295 g/mol. The van der Waals surface area contributed by atoms with Gasteiger partial charge in [0.1, 0.15) is 5.82 Å². The van der Waals surface area contributed by atoms with Gasteiger partial charge >= 0.3 is 0 Å². The molecule has 1 aromatic carbocycles. The van der Waals surface area contributed by atoms with Crippen molar-refractivity contribution in [2.45, 2.75) is 32.7 Å². The lowest BCUT2D eigenvalue weighted by atomic mass is 10.1. The zero-order chi connectivity index (χ0) is 15.6. The molecule has 1 fully saturated rings. The van der Waals surface area contributed by atoms with E-state index in [1.165, 1.54) is 23.1 Å². The number of carbonyl (C=O) groups is 2. The molecule has 1 aliphatic heterocycles. The first-order chi connectivity index (χ1) is 9.92. The highest BCUT2D eigenvalue weighted by Gasteiger charge is 2.35. The molecule has 2 rings (SSSR count). The number of hydrogen-bond acceptors (Lipinski definition) is 2. The molecule has 21 heavy (non-hydrogen) atoms. The van der Waals surface area contributed by atoms with Gasteiger partial charge in [-0.15, -0.1) is 0 Å². The molecule has 1 N–H and O–H groups in total. The van der Waals surface area contributed by atoms with Crippen LogP contribution in [0, 0.1) is 11.7 Å². The van der Waals surface area contributed by atoms with E-state index in [4.69, 9.17) is 11.6 Å². The maximum Gasteiger partial charge on any atom is 0.227 e. The minimum absolute atomic E-state index is 0.0344. The van der Waals surface area contributed by atoms with Crippen molar-refractivity contribution in [3.63, 3.8) is 0 Å². The molecule has 0 radical (unpaired) electrons. The van der Waals surface area contributed by atoms with E-state index in [1.807, 2.05) is 13.8 Å². The Morgan fingerprint density at radius 3 is 2.90 bits per heavy atom. The van der Waals surface area contributed by atoms with Crippen molar-refractivity contribution in [1.29, 1.82) is 0 Å². The molecule has 114 valence electrons. The molecular formula is C15H18ClFN2O2. The molecule has 1 heterocycles. The van der Waals surface area contributed by atoms with Crippen LogP contribution in [0.2, 0.25) is 5.02 Å². The van der Waals surface area contributed by atoms with Gasteiger partial charge < -0.3 is 10.2 Å². The molecule has 1 saturated heterocycles. The number of carbonyl (C=O) groups excluding carboxylic acids is 2. The van der Waals surface area contributed by atoms with Crippen LogP contribution in [0.25, 0.3) is 0 Å². The largest absolute Gasteiger partial charge is 0.353 e. The third-order valence-corrected chi connectivity index (χ3v) is 4.00. The number of halogens is 2. The summed E-state index contributed by atoms with van der Waals surface area (Å²) in [6, 6.07) is 4.21. The van der Waals surface area contributed by atoms with Crippen LogP contribution in [-0.4, -0.2) is 24.4 Å². The van der Waals surface area contributed by atoms with E-state index in [0.29, 0.717) is 12.2 Å². The summed E-state index contributed by atoms with van der Waals surface area (Å²) in [6.45, 7) is 4.20. The third-order valence-electron chi connectivity index (χ3n) is 3.71. The van der Waals surface area contributed by atoms with Crippen LogP contribution in [0.1, 0.15) is 26.7 Å². The fourth-order valence-corrected chi connectivity index (χ4v) is 2.42. The molecule has 0 spiro atoms. The Labute approximate surface area is 128 Å². The van der Waals surface area contributed by atoms with Crippen molar-refractivity contribution in [1.82, 2.24) is 5.32 Å². The Bertz CT molecular complexity index is 565. The summed E-state index contributed by atoms with van der Waals surface area (Å²) in [5, 5.41) is 2.85. The smallest absolute Gasteiger partial charge is 0.227 e. The minimum Gasteiger partial charge on any atom is -0.353 e. The number of amides is 2. The Kier molecular flexibility index (Phi) is 4.83. The maximum absolute atomic E-state index is 13.2. The molecule has 2 unspecified atom stereocenters. The zero-order valence-corrected chi connectivity index (χ0v) is 12.8. The highest BCUT2D eigenvalue weighted by Crippen LogP contribution is 2.28. The summed E-state index contributed by atoms with van der Waals surface area (Å²) in [7, 11) is 0.